The minimum atomic E-state index is -0.407. The second-order valence-corrected chi connectivity index (χ2v) is 5.29. The number of H-pyrrole nitrogens is 1. The van der Waals surface area contributed by atoms with Gasteiger partial charge in [0.05, 0.1) is 6.54 Å². The maximum atomic E-state index is 12.2. The van der Waals surface area contributed by atoms with Crippen LogP contribution in [-0.4, -0.2) is 16.0 Å². The molecule has 0 aliphatic heterocycles. The predicted octanol–water partition coefficient (Wildman–Crippen LogP) is 1.47. The van der Waals surface area contributed by atoms with Crippen LogP contribution in [0.25, 0.3) is 10.9 Å². The average Bonchev–Trinajstić information content (AvgIpc) is 3.02. The molecular weight excluding hydrogens is 296 g/mol. The number of carbonyl (C=O) groups excluding carboxylic acids is 1. The normalized spacial score (nSPS) is 12.3. The number of rotatable bonds is 4. The number of benzene rings is 1. The largest absolute Gasteiger partial charge is 0.364 e. The van der Waals surface area contributed by atoms with Crippen LogP contribution in [0.2, 0.25) is 0 Å². The van der Waals surface area contributed by atoms with Crippen LogP contribution in [0.3, 0.4) is 0 Å². The molecule has 0 spiro atoms. The lowest BCUT2D eigenvalue weighted by Gasteiger charge is -2.07. The standard InChI is InChI=1S/C16H16N4O3/c1-9(17)15-12(8-23-20-15)16(22)18-7-10-6-14(21)11-4-2-3-5-13(11)19-10/h2-6,8-9H,7,17H2,1H3,(H,18,22)(H,19,21). The van der Waals surface area contributed by atoms with E-state index in [4.69, 9.17) is 10.3 Å². The quantitative estimate of drug-likeness (QED) is 0.675. The van der Waals surface area contributed by atoms with Crippen molar-refractivity contribution >= 4 is 16.8 Å². The van der Waals surface area contributed by atoms with E-state index in [9.17, 15) is 9.59 Å². The first kappa shape index (κ1) is 15.0. The first-order valence-electron chi connectivity index (χ1n) is 7.15. The molecule has 0 aliphatic rings. The highest BCUT2D eigenvalue weighted by atomic mass is 16.5. The number of amides is 1. The number of nitrogens with two attached hydrogens (primary N) is 1. The molecule has 2 aromatic heterocycles. The van der Waals surface area contributed by atoms with E-state index in [0.717, 1.165) is 5.52 Å². The molecule has 1 unspecified atom stereocenters. The van der Waals surface area contributed by atoms with E-state index < -0.39 is 6.04 Å². The van der Waals surface area contributed by atoms with E-state index in [1.54, 1.807) is 19.1 Å². The second kappa shape index (κ2) is 6.05. The Morgan fingerprint density at radius 3 is 3.00 bits per heavy atom. The third-order valence-electron chi connectivity index (χ3n) is 3.51. The first-order valence-corrected chi connectivity index (χ1v) is 7.15. The number of hydrogen-bond donors (Lipinski definition) is 3. The molecule has 4 N–H and O–H groups in total. The van der Waals surface area contributed by atoms with E-state index in [0.29, 0.717) is 22.3 Å². The molecule has 1 atom stereocenters. The number of fused-ring (bicyclic) bond motifs is 1. The van der Waals surface area contributed by atoms with Gasteiger partial charge in [-0.2, -0.15) is 0 Å². The smallest absolute Gasteiger partial charge is 0.256 e. The Bertz CT molecular complexity index is 911. The van der Waals surface area contributed by atoms with Crippen molar-refractivity contribution in [2.45, 2.75) is 19.5 Å². The van der Waals surface area contributed by atoms with E-state index in [1.807, 2.05) is 12.1 Å². The van der Waals surface area contributed by atoms with Crippen molar-refractivity contribution in [3.05, 3.63) is 63.8 Å². The highest BCUT2D eigenvalue weighted by Gasteiger charge is 2.18. The Morgan fingerprint density at radius 1 is 1.43 bits per heavy atom. The number of nitrogens with one attached hydrogen (secondary N) is 2. The van der Waals surface area contributed by atoms with Crippen molar-refractivity contribution in [2.75, 3.05) is 0 Å². The van der Waals surface area contributed by atoms with Gasteiger partial charge in [0.25, 0.3) is 5.91 Å². The molecule has 23 heavy (non-hydrogen) atoms. The summed E-state index contributed by atoms with van der Waals surface area (Å²) in [6.45, 7) is 1.90. The fourth-order valence-electron chi connectivity index (χ4n) is 2.36. The molecule has 0 saturated heterocycles. The minimum absolute atomic E-state index is 0.0927. The summed E-state index contributed by atoms with van der Waals surface area (Å²) >= 11 is 0. The van der Waals surface area contributed by atoms with Crippen LogP contribution in [0.1, 0.15) is 34.7 Å². The van der Waals surface area contributed by atoms with Gasteiger partial charge in [0.1, 0.15) is 17.5 Å². The molecule has 0 saturated carbocycles. The summed E-state index contributed by atoms with van der Waals surface area (Å²) in [6, 6.07) is 8.28. The molecule has 0 bridgehead atoms. The Hall–Kier alpha value is -2.93. The molecule has 7 heteroatoms. The highest BCUT2D eigenvalue weighted by Crippen LogP contribution is 2.14. The van der Waals surface area contributed by atoms with Crippen LogP contribution >= 0.6 is 0 Å². The first-order chi connectivity index (χ1) is 11.1. The van der Waals surface area contributed by atoms with Gasteiger partial charge in [-0.15, -0.1) is 0 Å². The zero-order valence-corrected chi connectivity index (χ0v) is 12.5. The second-order valence-electron chi connectivity index (χ2n) is 5.29. The fraction of sp³-hybridized carbons (Fsp3) is 0.188. The average molecular weight is 312 g/mol. The number of hydrogen-bond acceptors (Lipinski definition) is 5. The van der Waals surface area contributed by atoms with Gasteiger partial charge < -0.3 is 20.6 Å². The van der Waals surface area contributed by atoms with E-state index in [2.05, 4.69) is 15.5 Å². The molecular formula is C16H16N4O3. The van der Waals surface area contributed by atoms with Crippen LogP contribution in [0.4, 0.5) is 0 Å². The summed E-state index contributed by atoms with van der Waals surface area (Å²) in [5.41, 5.74) is 7.67. The van der Waals surface area contributed by atoms with Gasteiger partial charge in [-0.25, -0.2) is 0 Å². The summed E-state index contributed by atoms with van der Waals surface area (Å²) in [7, 11) is 0. The lowest BCUT2D eigenvalue weighted by molar-refractivity contribution is 0.0948. The number of aromatic amines is 1. The molecule has 118 valence electrons. The van der Waals surface area contributed by atoms with Crippen LogP contribution < -0.4 is 16.5 Å². The summed E-state index contributed by atoms with van der Waals surface area (Å²) < 4.78 is 4.81. The van der Waals surface area contributed by atoms with Crippen molar-refractivity contribution in [1.29, 1.82) is 0 Å². The van der Waals surface area contributed by atoms with E-state index >= 15 is 0 Å². The van der Waals surface area contributed by atoms with Gasteiger partial charge in [-0.3, -0.25) is 9.59 Å². The SMILES string of the molecule is CC(N)c1nocc1C(=O)NCc1cc(=O)c2ccccc2[nH]1. The Balaban J connectivity index is 1.79. The summed E-state index contributed by atoms with van der Waals surface area (Å²) in [4.78, 5) is 27.4. The number of carbonyl (C=O) groups is 1. The minimum Gasteiger partial charge on any atom is -0.364 e. The lowest BCUT2D eigenvalue weighted by Crippen LogP contribution is -2.25. The van der Waals surface area contributed by atoms with Crippen LogP contribution in [0.5, 0.6) is 0 Å². The van der Waals surface area contributed by atoms with Crippen LogP contribution in [0.15, 0.2) is 45.9 Å². The molecule has 3 rings (SSSR count). The third-order valence-corrected chi connectivity index (χ3v) is 3.51. The lowest BCUT2D eigenvalue weighted by atomic mass is 10.1. The number of nitrogens with zero attached hydrogens (tertiary/aromatic N) is 1. The topological polar surface area (TPSA) is 114 Å². The highest BCUT2D eigenvalue weighted by molar-refractivity contribution is 5.95. The van der Waals surface area contributed by atoms with Crippen molar-refractivity contribution in [2.24, 2.45) is 5.73 Å². The summed E-state index contributed by atoms with van der Waals surface area (Å²) in [5.74, 6) is -0.354. The van der Waals surface area contributed by atoms with E-state index in [1.165, 1.54) is 12.3 Å². The zero-order chi connectivity index (χ0) is 16.4. The van der Waals surface area contributed by atoms with Crippen LogP contribution in [-0.2, 0) is 6.54 Å². The molecule has 1 amide bonds. The number of para-hydroxylation sites is 1. The van der Waals surface area contributed by atoms with Crippen molar-refractivity contribution in [3.8, 4) is 0 Å². The Labute approximate surface area is 131 Å². The van der Waals surface area contributed by atoms with Crippen LogP contribution in [0, 0.1) is 0 Å². The predicted molar refractivity (Wildman–Crippen MR) is 84.8 cm³/mol. The van der Waals surface area contributed by atoms with Crippen molar-refractivity contribution < 1.29 is 9.32 Å². The van der Waals surface area contributed by atoms with Gasteiger partial charge in [0.15, 0.2) is 5.43 Å². The van der Waals surface area contributed by atoms with Gasteiger partial charge in [-0.1, -0.05) is 17.3 Å². The Kier molecular flexibility index (Phi) is 3.94. The van der Waals surface area contributed by atoms with Gasteiger partial charge in [0, 0.05) is 28.7 Å². The molecule has 2 heterocycles. The van der Waals surface area contributed by atoms with Gasteiger partial charge in [0.2, 0.25) is 0 Å². The van der Waals surface area contributed by atoms with E-state index in [-0.39, 0.29) is 17.9 Å². The molecule has 3 aromatic rings. The maximum absolute atomic E-state index is 12.2. The molecule has 0 fully saturated rings. The molecule has 7 nitrogen and oxygen atoms in total. The maximum Gasteiger partial charge on any atom is 0.256 e. The zero-order valence-electron chi connectivity index (χ0n) is 12.5. The van der Waals surface area contributed by atoms with Gasteiger partial charge >= 0.3 is 0 Å². The van der Waals surface area contributed by atoms with Crippen molar-refractivity contribution in [1.82, 2.24) is 15.5 Å². The third kappa shape index (κ3) is 3.00. The van der Waals surface area contributed by atoms with Crippen molar-refractivity contribution in [3.63, 3.8) is 0 Å². The summed E-state index contributed by atoms with van der Waals surface area (Å²) in [6.07, 6.45) is 1.26. The molecule has 0 aliphatic carbocycles. The number of pyridine rings is 1. The molecule has 1 aromatic carbocycles. The Morgan fingerprint density at radius 2 is 2.22 bits per heavy atom. The molecule has 0 radical (unpaired) electrons. The summed E-state index contributed by atoms with van der Waals surface area (Å²) in [5, 5.41) is 7.06. The fourth-order valence-corrected chi connectivity index (χ4v) is 2.36. The monoisotopic (exact) mass is 312 g/mol. The number of aromatic nitrogens is 2. The van der Waals surface area contributed by atoms with Gasteiger partial charge in [-0.05, 0) is 19.1 Å².